The summed E-state index contributed by atoms with van der Waals surface area (Å²) < 4.78 is 0. The van der Waals surface area contributed by atoms with E-state index in [1.807, 2.05) is 93.8 Å². The van der Waals surface area contributed by atoms with Gasteiger partial charge < -0.3 is 21.1 Å². The second kappa shape index (κ2) is 18.2. The summed E-state index contributed by atoms with van der Waals surface area (Å²) in [5, 5.41) is 11.1. The summed E-state index contributed by atoms with van der Waals surface area (Å²) in [5.41, 5.74) is 12.6. The molecule has 0 aliphatic rings. The molecule has 0 aliphatic heterocycles. The topological polar surface area (TPSA) is 125 Å². The van der Waals surface area contributed by atoms with E-state index in [9.17, 15) is 9.59 Å². The van der Waals surface area contributed by atoms with Gasteiger partial charge in [-0.25, -0.2) is 0 Å². The molecule has 2 aromatic heterocycles. The fourth-order valence-corrected chi connectivity index (χ4v) is 3.98. The van der Waals surface area contributed by atoms with Crippen LogP contribution in [0.2, 0.25) is 0 Å². The molecule has 0 fully saturated rings. The Hall–Kier alpha value is -4.44. The highest BCUT2D eigenvalue weighted by Crippen LogP contribution is 2.23. The molecule has 0 aliphatic carbocycles. The number of likely N-dealkylation sites (N-methyl/N-ethyl adjacent to an activating group) is 2. The van der Waals surface area contributed by atoms with Crippen LogP contribution in [0.3, 0.4) is 0 Å². The first-order valence-corrected chi connectivity index (χ1v) is 14.0. The third kappa shape index (κ3) is 13.4. The maximum atomic E-state index is 11.8. The van der Waals surface area contributed by atoms with Crippen LogP contribution in [0.4, 0.5) is 0 Å². The number of aromatic nitrogens is 2. The molecule has 0 saturated carbocycles. The average molecular weight is 585 g/mol. The number of carboxylic acids is 1. The minimum atomic E-state index is -0.787. The van der Waals surface area contributed by atoms with Crippen molar-refractivity contribution in [1.82, 2.24) is 25.1 Å². The number of pyridine rings is 2. The monoisotopic (exact) mass is 584 g/mol. The molecule has 2 aromatic carbocycles. The van der Waals surface area contributed by atoms with Crippen molar-refractivity contribution in [2.45, 2.75) is 25.9 Å². The summed E-state index contributed by atoms with van der Waals surface area (Å²) in [4.78, 5) is 33.3. The number of benzene rings is 2. The summed E-state index contributed by atoms with van der Waals surface area (Å²) in [5.74, 6) is -0.760. The smallest absolute Gasteiger partial charge is 0.317 e. The fourth-order valence-electron chi connectivity index (χ4n) is 3.98. The third-order valence-corrected chi connectivity index (χ3v) is 6.08. The molecule has 0 radical (unpaired) electrons. The van der Waals surface area contributed by atoms with Gasteiger partial charge >= 0.3 is 5.97 Å². The SMILES string of the molecule is CN(C)CC(=O)O.C[C@H](N)c1cccc(-c2cccnc2)c1.C[C@H](NC(=O)CN(C)C)c1cccc(-c2cccnc2)c1. The van der Waals surface area contributed by atoms with Gasteiger partial charge in [0.1, 0.15) is 0 Å². The Morgan fingerprint density at radius 1 is 0.744 bits per heavy atom. The lowest BCUT2D eigenvalue weighted by Gasteiger charge is -2.17. The molecular formula is C34H44N6O3. The Morgan fingerprint density at radius 2 is 1.21 bits per heavy atom. The summed E-state index contributed by atoms with van der Waals surface area (Å²) in [7, 11) is 7.20. The van der Waals surface area contributed by atoms with Gasteiger partial charge in [-0.1, -0.05) is 48.5 Å². The predicted octanol–water partition coefficient (Wildman–Crippen LogP) is 4.89. The fraction of sp³-hybridized carbons (Fsp3) is 0.294. The van der Waals surface area contributed by atoms with Gasteiger partial charge in [0.2, 0.25) is 5.91 Å². The first-order valence-electron chi connectivity index (χ1n) is 14.0. The van der Waals surface area contributed by atoms with E-state index in [0.29, 0.717) is 6.54 Å². The van der Waals surface area contributed by atoms with E-state index in [-0.39, 0.29) is 24.5 Å². The quantitative estimate of drug-likeness (QED) is 0.254. The standard InChI is InChI=1S/C17H21N3O.C13H14N2.C4H9NO2/c1-13(19-17(21)12-20(2)3)14-6-4-7-15(10-14)16-8-5-9-18-11-16;1-10(14)11-4-2-5-12(8-11)13-6-3-7-15-9-13;1-5(2)3-4(6)7/h4-11,13H,12H2,1-3H3,(H,19,21);2-10H,14H2,1H3;3H2,1-2H3,(H,6,7)/t13-;10-;/m00./s1. The van der Waals surface area contributed by atoms with E-state index in [0.717, 1.165) is 33.4 Å². The molecule has 0 saturated heterocycles. The van der Waals surface area contributed by atoms with Crippen molar-refractivity contribution in [3.8, 4) is 22.3 Å². The highest BCUT2D eigenvalue weighted by Gasteiger charge is 2.11. The van der Waals surface area contributed by atoms with Crippen LogP contribution in [0.25, 0.3) is 22.3 Å². The number of carbonyl (C=O) groups excluding carboxylic acids is 1. The lowest BCUT2D eigenvalue weighted by atomic mass is 10.0. The van der Waals surface area contributed by atoms with Crippen LogP contribution in [0.1, 0.15) is 37.1 Å². The number of carboxylic acid groups (broad SMARTS) is 1. The van der Waals surface area contributed by atoms with E-state index >= 15 is 0 Å². The van der Waals surface area contributed by atoms with Crippen molar-refractivity contribution in [1.29, 1.82) is 0 Å². The molecule has 2 atom stereocenters. The molecule has 9 nitrogen and oxygen atoms in total. The Labute approximate surface area is 255 Å². The van der Waals surface area contributed by atoms with Gasteiger partial charge in [-0.3, -0.25) is 24.5 Å². The molecule has 0 bridgehead atoms. The van der Waals surface area contributed by atoms with Gasteiger partial charge in [-0.2, -0.15) is 0 Å². The largest absolute Gasteiger partial charge is 0.480 e. The van der Waals surface area contributed by atoms with Crippen LogP contribution >= 0.6 is 0 Å². The molecule has 4 rings (SSSR count). The minimum absolute atomic E-state index is 0.0194. The number of amides is 1. The van der Waals surface area contributed by atoms with Gasteiger partial charge in [-0.05, 0) is 99.7 Å². The Morgan fingerprint density at radius 3 is 1.60 bits per heavy atom. The first kappa shape index (κ1) is 34.8. The van der Waals surface area contributed by atoms with Crippen LogP contribution in [0.15, 0.2) is 97.6 Å². The second-order valence-electron chi connectivity index (χ2n) is 10.7. The number of nitrogens with two attached hydrogens (primary N) is 1. The normalized spacial score (nSPS) is 11.8. The zero-order valence-electron chi connectivity index (χ0n) is 25.9. The van der Waals surface area contributed by atoms with Crippen molar-refractivity contribution >= 4 is 11.9 Å². The Balaban J connectivity index is 0.000000255. The second-order valence-corrected chi connectivity index (χ2v) is 10.7. The molecule has 4 aromatic rings. The zero-order chi connectivity index (χ0) is 31.8. The number of aliphatic carboxylic acids is 1. The highest BCUT2D eigenvalue weighted by molar-refractivity contribution is 5.78. The van der Waals surface area contributed by atoms with Crippen LogP contribution < -0.4 is 11.1 Å². The van der Waals surface area contributed by atoms with Gasteiger partial charge in [0.25, 0.3) is 0 Å². The van der Waals surface area contributed by atoms with Crippen molar-refractivity contribution in [3.63, 3.8) is 0 Å². The zero-order valence-corrected chi connectivity index (χ0v) is 25.9. The van der Waals surface area contributed by atoms with Gasteiger partial charge in [0.05, 0.1) is 19.1 Å². The van der Waals surface area contributed by atoms with Gasteiger partial charge in [-0.15, -0.1) is 0 Å². The van der Waals surface area contributed by atoms with Crippen molar-refractivity contribution in [2.24, 2.45) is 5.73 Å². The molecule has 43 heavy (non-hydrogen) atoms. The van der Waals surface area contributed by atoms with Crippen molar-refractivity contribution in [2.75, 3.05) is 41.3 Å². The number of rotatable bonds is 9. The van der Waals surface area contributed by atoms with Crippen molar-refractivity contribution < 1.29 is 14.7 Å². The summed E-state index contributed by atoms with van der Waals surface area (Å²) >= 11 is 0. The summed E-state index contributed by atoms with van der Waals surface area (Å²) in [6.07, 6.45) is 7.24. The van der Waals surface area contributed by atoms with Crippen LogP contribution in [0.5, 0.6) is 0 Å². The number of carbonyl (C=O) groups is 2. The van der Waals surface area contributed by atoms with E-state index in [1.54, 1.807) is 31.4 Å². The van der Waals surface area contributed by atoms with Gasteiger partial charge in [0, 0.05) is 30.8 Å². The van der Waals surface area contributed by atoms with Crippen LogP contribution in [-0.2, 0) is 9.59 Å². The minimum Gasteiger partial charge on any atom is -0.480 e. The maximum Gasteiger partial charge on any atom is 0.317 e. The molecule has 0 unspecified atom stereocenters. The molecular weight excluding hydrogens is 540 g/mol. The first-order chi connectivity index (χ1) is 20.5. The molecule has 4 N–H and O–H groups in total. The molecule has 228 valence electrons. The van der Waals surface area contributed by atoms with Crippen molar-refractivity contribution in [3.05, 3.63) is 109 Å². The van der Waals surface area contributed by atoms with E-state index in [4.69, 9.17) is 10.8 Å². The third-order valence-electron chi connectivity index (χ3n) is 6.08. The van der Waals surface area contributed by atoms with Crippen LogP contribution in [0, 0.1) is 0 Å². The molecule has 9 heteroatoms. The maximum absolute atomic E-state index is 11.8. The van der Waals surface area contributed by atoms with Gasteiger partial charge in [0.15, 0.2) is 0 Å². The number of hydrogen-bond acceptors (Lipinski definition) is 7. The average Bonchev–Trinajstić information content (AvgIpc) is 2.98. The summed E-state index contributed by atoms with van der Waals surface area (Å²) in [6.45, 7) is 4.49. The highest BCUT2D eigenvalue weighted by atomic mass is 16.4. The molecule has 2 heterocycles. The van der Waals surface area contributed by atoms with Crippen LogP contribution in [-0.4, -0.2) is 78.0 Å². The predicted molar refractivity (Wildman–Crippen MR) is 173 cm³/mol. The molecule has 1 amide bonds. The lowest BCUT2D eigenvalue weighted by Crippen LogP contribution is -2.34. The summed E-state index contributed by atoms with van der Waals surface area (Å²) in [6, 6.07) is 24.4. The number of nitrogens with one attached hydrogen (secondary N) is 1. The lowest BCUT2D eigenvalue weighted by molar-refractivity contribution is -0.137. The Bertz CT molecular complexity index is 1400. The molecule has 0 spiro atoms. The Kier molecular flexibility index (Phi) is 14.7. The van der Waals surface area contributed by atoms with E-state index in [1.165, 1.54) is 0 Å². The van der Waals surface area contributed by atoms with E-state index < -0.39 is 5.97 Å². The number of hydrogen-bond donors (Lipinski definition) is 3. The number of nitrogens with zero attached hydrogens (tertiary/aromatic N) is 4. The van der Waals surface area contributed by atoms with E-state index in [2.05, 4.69) is 39.6 Å².